The summed E-state index contributed by atoms with van der Waals surface area (Å²) in [6.07, 6.45) is 5.25. The lowest BCUT2D eigenvalue weighted by atomic mass is 9.75. The van der Waals surface area contributed by atoms with Crippen molar-refractivity contribution in [2.24, 2.45) is 5.41 Å². The first-order valence-corrected chi connectivity index (χ1v) is 7.87. The van der Waals surface area contributed by atoms with Crippen LogP contribution in [0.3, 0.4) is 0 Å². The summed E-state index contributed by atoms with van der Waals surface area (Å²) in [4.78, 5) is 14.4. The standard InChI is InChI=1S/C18H26FNO/c1-18(2)11-8-14(9-12-18)20(3)13-10-17(21)15-6-4-5-7-16(15)19/h4-7,14H,8-13H2,1-3H3. The van der Waals surface area contributed by atoms with Gasteiger partial charge in [0, 0.05) is 19.0 Å². The Morgan fingerprint density at radius 2 is 1.90 bits per heavy atom. The molecule has 1 aromatic rings. The molecule has 0 heterocycles. The van der Waals surface area contributed by atoms with Gasteiger partial charge in [0.25, 0.3) is 0 Å². The van der Waals surface area contributed by atoms with E-state index in [0.717, 1.165) is 0 Å². The van der Waals surface area contributed by atoms with Crippen LogP contribution in [-0.4, -0.2) is 30.3 Å². The molecule has 1 saturated carbocycles. The van der Waals surface area contributed by atoms with Crippen molar-refractivity contribution in [1.29, 1.82) is 0 Å². The lowest BCUT2D eigenvalue weighted by Gasteiger charge is -2.38. The zero-order valence-electron chi connectivity index (χ0n) is 13.4. The quantitative estimate of drug-likeness (QED) is 0.754. The molecular weight excluding hydrogens is 265 g/mol. The minimum atomic E-state index is -0.412. The SMILES string of the molecule is CN(CCC(=O)c1ccccc1F)C1CCC(C)(C)CC1. The summed E-state index contributed by atoms with van der Waals surface area (Å²) in [5.41, 5.74) is 0.677. The van der Waals surface area contributed by atoms with Crippen molar-refractivity contribution >= 4 is 5.78 Å². The zero-order chi connectivity index (χ0) is 15.5. The number of benzene rings is 1. The van der Waals surface area contributed by atoms with Gasteiger partial charge in [0.1, 0.15) is 5.82 Å². The molecule has 0 atom stereocenters. The fraction of sp³-hybridized carbons (Fsp3) is 0.611. The molecule has 0 aliphatic heterocycles. The number of hydrogen-bond acceptors (Lipinski definition) is 2. The van der Waals surface area contributed by atoms with Gasteiger partial charge in [-0.25, -0.2) is 4.39 Å². The molecule has 0 spiro atoms. The van der Waals surface area contributed by atoms with Crippen molar-refractivity contribution in [2.75, 3.05) is 13.6 Å². The number of ketones is 1. The number of Topliss-reactive ketones (excluding diaryl/α,β-unsaturated/α-hetero) is 1. The van der Waals surface area contributed by atoms with E-state index in [2.05, 4.69) is 25.8 Å². The van der Waals surface area contributed by atoms with Crippen molar-refractivity contribution in [1.82, 2.24) is 4.90 Å². The summed E-state index contributed by atoms with van der Waals surface area (Å²) in [5, 5.41) is 0. The van der Waals surface area contributed by atoms with Gasteiger partial charge in [-0.2, -0.15) is 0 Å². The summed E-state index contributed by atoms with van der Waals surface area (Å²) in [6.45, 7) is 5.36. The monoisotopic (exact) mass is 291 g/mol. The molecule has 2 nitrogen and oxygen atoms in total. The van der Waals surface area contributed by atoms with E-state index in [9.17, 15) is 9.18 Å². The van der Waals surface area contributed by atoms with Gasteiger partial charge in [0.15, 0.2) is 5.78 Å². The first-order chi connectivity index (χ1) is 9.89. The second kappa shape index (κ2) is 6.69. The van der Waals surface area contributed by atoms with Crippen LogP contribution in [-0.2, 0) is 0 Å². The molecule has 1 fully saturated rings. The molecule has 2 rings (SSSR count). The van der Waals surface area contributed by atoms with E-state index < -0.39 is 5.82 Å². The fourth-order valence-corrected chi connectivity index (χ4v) is 3.11. The van der Waals surface area contributed by atoms with Gasteiger partial charge in [-0.05, 0) is 50.3 Å². The predicted octanol–water partition coefficient (Wildman–Crippen LogP) is 4.30. The topological polar surface area (TPSA) is 20.3 Å². The number of nitrogens with zero attached hydrogens (tertiary/aromatic N) is 1. The first-order valence-electron chi connectivity index (χ1n) is 7.87. The highest BCUT2D eigenvalue weighted by Crippen LogP contribution is 2.36. The molecular formula is C18H26FNO. The molecule has 0 unspecified atom stereocenters. The highest BCUT2D eigenvalue weighted by molar-refractivity contribution is 5.96. The molecule has 0 aromatic heterocycles. The third-order valence-corrected chi connectivity index (χ3v) is 4.80. The molecule has 116 valence electrons. The Labute approximate surface area is 127 Å². The van der Waals surface area contributed by atoms with Crippen LogP contribution in [0.1, 0.15) is 56.3 Å². The van der Waals surface area contributed by atoms with E-state index in [1.54, 1.807) is 18.2 Å². The maximum absolute atomic E-state index is 13.6. The largest absolute Gasteiger partial charge is 0.303 e. The number of hydrogen-bond donors (Lipinski definition) is 0. The zero-order valence-corrected chi connectivity index (χ0v) is 13.4. The van der Waals surface area contributed by atoms with Crippen LogP contribution >= 0.6 is 0 Å². The molecule has 3 heteroatoms. The fourth-order valence-electron chi connectivity index (χ4n) is 3.11. The van der Waals surface area contributed by atoms with Gasteiger partial charge >= 0.3 is 0 Å². The van der Waals surface area contributed by atoms with Crippen LogP contribution < -0.4 is 0 Å². The summed E-state index contributed by atoms with van der Waals surface area (Å²) < 4.78 is 13.6. The molecule has 1 aliphatic rings. The van der Waals surface area contributed by atoms with Crippen LogP contribution in [0.25, 0.3) is 0 Å². The van der Waals surface area contributed by atoms with Crippen molar-refractivity contribution in [3.05, 3.63) is 35.6 Å². The van der Waals surface area contributed by atoms with Crippen LogP contribution in [0.5, 0.6) is 0 Å². The van der Waals surface area contributed by atoms with Crippen LogP contribution in [0.15, 0.2) is 24.3 Å². The first kappa shape index (κ1) is 16.2. The van der Waals surface area contributed by atoms with E-state index in [0.29, 0.717) is 24.4 Å². The Hall–Kier alpha value is -1.22. The third-order valence-electron chi connectivity index (χ3n) is 4.80. The second-order valence-electron chi connectivity index (χ2n) is 7.03. The number of carbonyl (C=O) groups is 1. The van der Waals surface area contributed by atoms with Gasteiger partial charge in [-0.1, -0.05) is 26.0 Å². The van der Waals surface area contributed by atoms with Gasteiger partial charge in [-0.15, -0.1) is 0 Å². The average Bonchev–Trinajstić information content (AvgIpc) is 2.45. The van der Waals surface area contributed by atoms with Crippen molar-refractivity contribution in [2.45, 2.75) is 52.0 Å². The maximum Gasteiger partial charge on any atom is 0.167 e. The highest BCUT2D eigenvalue weighted by Gasteiger charge is 2.28. The Balaban J connectivity index is 1.83. The lowest BCUT2D eigenvalue weighted by Crippen LogP contribution is -2.38. The number of halogens is 1. The van der Waals surface area contributed by atoms with Crippen molar-refractivity contribution in [3.8, 4) is 0 Å². The van der Waals surface area contributed by atoms with Crippen LogP contribution in [0.2, 0.25) is 0 Å². The normalized spacial score (nSPS) is 18.9. The van der Waals surface area contributed by atoms with Crippen molar-refractivity contribution in [3.63, 3.8) is 0 Å². The number of rotatable bonds is 5. The Morgan fingerprint density at radius 1 is 1.29 bits per heavy atom. The second-order valence-corrected chi connectivity index (χ2v) is 7.03. The van der Waals surface area contributed by atoms with Crippen molar-refractivity contribution < 1.29 is 9.18 Å². The summed E-state index contributed by atoms with van der Waals surface area (Å²) >= 11 is 0. The molecule has 1 aliphatic carbocycles. The van der Waals surface area contributed by atoms with E-state index >= 15 is 0 Å². The predicted molar refractivity (Wildman–Crippen MR) is 84.0 cm³/mol. The highest BCUT2D eigenvalue weighted by atomic mass is 19.1. The third kappa shape index (κ3) is 4.37. The van der Waals surface area contributed by atoms with Gasteiger partial charge < -0.3 is 4.90 Å². The molecule has 0 saturated heterocycles. The van der Waals surface area contributed by atoms with Gasteiger partial charge in [-0.3, -0.25) is 4.79 Å². The summed E-state index contributed by atoms with van der Waals surface area (Å²) in [7, 11) is 2.08. The van der Waals surface area contributed by atoms with E-state index in [1.807, 2.05) is 0 Å². The van der Waals surface area contributed by atoms with E-state index in [1.165, 1.54) is 31.7 Å². The van der Waals surface area contributed by atoms with E-state index in [4.69, 9.17) is 0 Å². The van der Waals surface area contributed by atoms with E-state index in [-0.39, 0.29) is 11.3 Å². The van der Waals surface area contributed by atoms with Gasteiger partial charge in [0.05, 0.1) is 5.56 Å². The smallest absolute Gasteiger partial charge is 0.167 e. The van der Waals surface area contributed by atoms with Gasteiger partial charge in [0.2, 0.25) is 0 Å². The Bertz CT molecular complexity index is 488. The molecule has 21 heavy (non-hydrogen) atoms. The average molecular weight is 291 g/mol. The molecule has 0 bridgehead atoms. The molecule has 0 N–H and O–H groups in total. The maximum atomic E-state index is 13.6. The van der Waals surface area contributed by atoms with Crippen LogP contribution in [0, 0.1) is 11.2 Å². The Kier molecular flexibility index (Phi) is 5.15. The minimum Gasteiger partial charge on any atom is -0.303 e. The lowest BCUT2D eigenvalue weighted by molar-refractivity contribution is 0.0921. The van der Waals surface area contributed by atoms with Crippen LogP contribution in [0.4, 0.5) is 4.39 Å². The molecule has 0 amide bonds. The summed E-state index contributed by atoms with van der Waals surface area (Å²) in [5.74, 6) is -0.513. The minimum absolute atomic E-state index is 0.101. The number of carbonyl (C=O) groups excluding carboxylic acids is 1. The molecule has 1 aromatic carbocycles. The Morgan fingerprint density at radius 3 is 2.52 bits per heavy atom. The molecule has 0 radical (unpaired) electrons. The summed E-state index contributed by atoms with van der Waals surface area (Å²) in [6, 6.07) is 6.80.